The van der Waals surface area contributed by atoms with Crippen LogP contribution in [0.5, 0.6) is 0 Å². The molecular weight excluding hydrogens is 217 g/mol. The Kier molecular flexibility index (Phi) is 3.77. The average Bonchev–Trinajstić information content (AvgIpc) is 3.11. The van der Waals surface area contributed by atoms with Gasteiger partial charge in [0.05, 0.1) is 0 Å². The zero-order valence-electron chi connectivity index (χ0n) is 10.2. The fraction of sp³-hybridized carbons (Fsp3) is 0.500. The lowest BCUT2D eigenvalue weighted by Gasteiger charge is -2.24. The highest BCUT2D eigenvalue weighted by atomic mass is 19.1. The lowest BCUT2D eigenvalue weighted by Crippen LogP contribution is -2.26. The first-order valence-corrected chi connectivity index (χ1v) is 6.23. The number of rotatable bonds is 6. The molecule has 0 aliphatic heterocycles. The standard InChI is InChI=1S/C14H18FNO/c1-2-5-16(9-11-3-4-11)14-7-12(10-17)6-13(15)8-14/h6-8,10-11H,2-5,9H2,1H3. The topological polar surface area (TPSA) is 20.3 Å². The van der Waals surface area contributed by atoms with Gasteiger partial charge in [0.15, 0.2) is 0 Å². The number of carbonyl (C=O) groups is 1. The smallest absolute Gasteiger partial charge is 0.150 e. The van der Waals surface area contributed by atoms with Crippen LogP contribution >= 0.6 is 0 Å². The summed E-state index contributed by atoms with van der Waals surface area (Å²) in [6, 6.07) is 4.57. The Morgan fingerprint density at radius 3 is 2.76 bits per heavy atom. The van der Waals surface area contributed by atoms with Gasteiger partial charge >= 0.3 is 0 Å². The Bertz CT molecular complexity index is 401. The quantitative estimate of drug-likeness (QED) is 0.705. The van der Waals surface area contributed by atoms with Gasteiger partial charge in [0, 0.05) is 24.3 Å². The lowest BCUT2D eigenvalue weighted by atomic mass is 10.2. The maximum Gasteiger partial charge on any atom is 0.150 e. The Labute approximate surface area is 101 Å². The minimum absolute atomic E-state index is 0.332. The van der Waals surface area contributed by atoms with Crippen LogP contribution in [-0.4, -0.2) is 19.4 Å². The third-order valence-electron chi connectivity index (χ3n) is 3.08. The van der Waals surface area contributed by atoms with Crippen LogP contribution < -0.4 is 4.90 Å². The monoisotopic (exact) mass is 235 g/mol. The molecule has 1 aliphatic carbocycles. The molecular formula is C14H18FNO. The van der Waals surface area contributed by atoms with Gasteiger partial charge < -0.3 is 4.90 Å². The average molecular weight is 235 g/mol. The van der Waals surface area contributed by atoms with Gasteiger partial charge in [-0.15, -0.1) is 0 Å². The predicted octanol–water partition coefficient (Wildman–Crippen LogP) is 3.26. The van der Waals surface area contributed by atoms with Crippen LogP contribution in [0.25, 0.3) is 0 Å². The van der Waals surface area contributed by atoms with Crippen molar-refractivity contribution in [2.75, 3.05) is 18.0 Å². The maximum absolute atomic E-state index is 13.4. The second-order valence-electron chi connectivity index (χ2n) is 4.75. The molecule has 0 heterocycles. The van der Waals surface area contributed by atoms with E-state index < -0.39 is 0 Å². The van der Waals surface area contributed by atoms with Crippen molar-refractivity contribution in [1.29, 1.82) is 0 Å². The zero-order chi connectivity index (χ0) is 12.3. The van der Waals surface area contributed by atoms with Crippen LogP contribution in [0.4, 0.5) is 10.1 Å². The number of hydrogen-bond acceptors (Lipinski definition) is 2. The van der Waals surface area contributed by atoms with Crippen molar-refractivity contribution >= 4 is 12.0 Å². The van der Waals surface area contributed by atoms with Crippen molar-refractivity contribution in [3.8, 4) is 0 Å². The Morgan fingerprint density at radius 1 is 1.41 bits per heavy atom. The van der Waals surface area contributed by atoms with E-state index in [4.69, 9.17) is 0 Å². The minimum atomic E-state index is -0.332. The summed E-state index contributed by atoms with van der Waals surface area (Å²) >= 11 is 0. The van der Waals surface area contributed by atoms with Crippen molar-refractivity contribution < 1.29 is 9.18 Å². The molecule has 1 aromatic rings. The predicted molar refractivity (Wildman–Crippen MR) is 67.0 cm³/mol. The summed E-state index contributed by atoms with van der Waals surface area (Å²) in [5.41, 5.74) is 1.25. The zero-order valence-corrected chi connectivity index (χ0v) is 10.2. The molecule has 0 atom stereocenters. The Balaban J connectivity index is 2.20. The normalized spacial score (nSPS) is 14.7. The van der Waals surface area contributed by atoms with E-state index in [2.05, 4.69) is 11.8 Å². The van der Waals surface area contributed by atoms with Crippen LogP contribution in [0.2, 0.25) is 0 Å². The van der Waals surface area contributed by atoms with E-state index in [0.717, 1.165) is 31.1 Å². The summed E-state index contributed by atoms with van der Waals surface area (Å²) in [6.45, 7) is 4.01. The summed E-state index contributed by atoms with van der Waals surface area (Å²) in [6.07, 6.45) is 4.28. The molecule has 3 heteroatoms. The fourth-order valence-corrected chi connectivity index (χ4v) is 2.05. The van der Waals surface area contributed by atoms with E-state index in [1.165, 1.54) is 25.0 Å². The van der Waals surface area contributed by atoms with Gasteiger partial charge in [-0.05, 0) is 43.4 Å². The van der Waals surface area contributed by atoms with Crippen molar-refractivity contribution in [2.45, 2.75) is 26.2 Å². The molecule has 0 spiro atoms. The maximum atomic E-state index is 13.4. The van der Waals surface area contributed by atoms with E-state index in [0.29, 0.717) is 11.8 Å². The number of carbonyl (C=O) groups excluding carboxylic acids is 1. The molecule has 1 aliphatic rings. The minimum Gasteiger partial charge on any atom is -0.371 e. The van der Waals surface area contributed by atoms with Gasteiger partial charge in [-0.1, -0.05) is 6.92 Å². The first-order valence-electron chi connectivity index (χ1n) is 6.23. The number of nitrogens with zero attached hydrogens (tertiary/aromatic N) is 1. The molecule has 0 bridgehead atoms. The molecule has 0 saturated heterocycles. The van der Waals surface area contributed by atoms with Crippen LogP contribution in [0.3, 0.4) is 0 Å². The van der Waals surface area contributed by atoms with E-state index in [9.17, 15) is 9.18 Å². The van der Waals surface area contributed by atoms with Crippen LogP contribution in [-0.2, 0) is 0 Å². The third kappa shape index (κ3) is 3.29. The van der Waals surface area contributed by atoms with Gasteiger partial charge in [0.25, 0.3) is 0 Å². The number of hydrogen-bond donors (Lipinski definition) is 0. The summed E-state index contributed by atoms with van der Waals surface area (Å²) < 4.78 is 13.4. The first-order chi connectivity index (χ1) is 8.22. The molecule has 2 rings (SSSR count). The molecule has 1 aromatic carbocycles. The van der Waals surface area contributed by atoms with Gasteiger partial charge in [0.1, 0.15) is 12.1 Å². The van der Waals surface area contributed by atoms with Gasteiger partial charge in [-0.25, -0.2) is 4.39 Å². The molecule has 0 unspecified atom stereocenters. The van der Waals surface area contributed by atoms with Crippen LogP contribution in [0.1, 0.15) is 36.5 Å². The third-order valence-corrected chi connectivity index (χ3v) is 3.08. The fourth-order valence-electron chi connectivity index (χ4n) is 2.05. The number of anilines is 1. The highest BCUT2D eigenvalue weighted by Gasteiger charge is 2.24. The summed E-state index contributed by atoms with van der Waals surface area (Å²) in [4.78, 5) is 12.9. The van der Waals surface area contributed by atoms with Crippen molar-refractivity contribution in [3.63, 3.8) is 0 Å². The first kappa shape index (κ1) is 12.1. The van der Waals surface area contributed by atoms with E-state index in [1.807, 2.05) is 0 Å². The second kappa shape index (κ2) is 5.30. The molecule has 92 valence electrons. The van der Waals surface area contributed by atoms with E-state index >= 15 is 0 Å². The van der Waals surface area contributed by atoms with E-state index in [1.54, 1.807) is 6.07 Å². The SMILES string of the molecule is CCCN(CC1CC1)c1cc(F)cc(C=O)c1. The molecule has 17 heavy (non-hydrogen) atoms. The highest BCUT2D eigenvalue weighted by molar-refractivity contribution is 5.77. The highest BCUT2D eigenvalue weighted by Crippen LogP contribution is 2.31. The summed E-state index contributed by atoms with van der Waals surface area (Å²) in [7, 11) is 0. The molecule has 1 saturated carbocycles. The lowest BCUT2D eigenvalue weighted by molar-refractivity contribution is 0.112. The Morgan fingerprint density at radius 2 is 2.18 bits per heavy atom. The molecule has 2 nitrogen and oxygen atoms in total. The molecule has 0 aromatic heterocycles. The van der Waals surface area contributed by atoms with Gasteiger partial charge in [0.2, 0.25) is 0 Å². The molecule has 1 fully saturated rings. The molecule has 0 N–H and O–H groups in total. The number of aldehydes is 1. The van der Waals surface area contributed by atoms with Crippen molar-refractivity contribution in [3.05, 3.63) is 29.6 Å². The van der Waals surface area contributed by atoms with Crippen molar-refractivity contribution in [2.24, 2.45) is 5.92 Å². The molecule has 0 amide bonds. The van der Waals surface area contributed by atoms with Crippen LogP contribution in [0, 0.1) is 11.7 Å². The summed E-state index contributed by atoms with van der Waals surface area (Å²) in [5.74, 6) is 0.422. The van der Waals surface area contributed by atoms with Crippen LogP contribution in [0.15, 0.2) is 18.2 Å². The van der Waals surface area contributed by atoms with E-state index in [-0.39, 0.29) is 5.82 Å². The number of benzene rings is 1. The van der Waals surface area contributed by atoms with Crippen molar-refractivity contribution in [1.82, 2.24) is 0 Å². The molecule has 0 radical (unpaired) electrons. The number of halogens is 1. The largest absolute Gasteiger partial charge is 0.371 e. The van der Waals surface area contributed by atoms with Gasteiger partial charge in [-0.3, -0.25) is 4.79 Å². The van der Waals surface area contributed by atoms with Gasteiger partial charge in [-0.2, -0.15) is 0 Å². The Hall–Kier alpha value is -1.38. The second-order valence-corrected chi connectivity index (χ2v) is 4.75. The summed E-state index contributed by atoms with van der Waals surface area (Å²) in [5, 5.41) is 0.